The predicted octanol–water partition coefficient (Wildman–Crippen LogP) is 5.72. The molecule has 2 unspecified atom stereocenters. The first-order valence-electron chi connectivity index (χ1n) is 12.8. The molecule has 1 aliphatic rings. The zero-order chi connectivity index (χ0) is 26.5. The number of ether oxygens (including phenoxy) is 3. The number of para-hydroxylation sites is 1. The summed E-state index contributed by atoms with van der Waals surface area (Å²) >= 11 is 0. The quantitative estimate of drug-likeness (QED) is 0.307. The third kappa shape index (κ3) is 5.43. The maximum absolute atomic E-state index is 11.9. The van der Waals surface area contributed by atoms with Gasteiger partial charge in [0, 0.05) is 18.1 Å². The highest BCUT2D eigenvalue weighted by Crippen LogP contribution is 2.43. The summed E-state index contributed by atoms with van der Waals surface area (Å²) in [5.41, 5.74) is 3.86. The number of methoxy groups -OCH3 is 2. The van der Waals surface area contributed by atoms with Crippen LogP contribution in [-0.4, -0.2) is 48.3 Å². The molecule has 0 bridgehead atoms. The van der Waals surface area contributed by atoms with Crippen molar-refractivity contribution in [1.29, 1.82) is 0 Å². The molecule has 1 fully saturated rings. The number of aromatic nitrogens is 1. The summed E-state index contributed by atoms with van der Waals surface area (Å²) in [7, 11) is 3.23. The number of piperidine rings is 1. The zero-order valence-electron chi connectivity index (χ0n) is 21.7. The lowest BCUT2D eigenvalue weighted by Gasteiger charge is -2.37. The molecule has 0 saturated carbocycles. The van der Waals surface area contributed by atoms with Crippen molar-refractivity contribution in [3.63, 3.8) is 0 Å². The summed E-state index contributed by atoms with van der Waals surface area (Å²) in [5.74, 6) is 0.462. The maximum atomic E-state index is 11.9. The Hall–Kier alpha value is -4.10. The molecule has 2 heterocycles. The first kappa shape index (κ1) is 25.5. The Morgan fingerprint density at radius 3 is 2.42 bits per heavy atom. The molecule has 0 aliphatic carbocycles. The number of carboxylic acid groups (broad SMARTS) is 1. The summed E-state index contributed by atoms with van der Waals surface area (Å²) in [6, 6.07) is 23.8. The SMILES string of the molecule is COc1cc(C(c2cnc3ccccc3c2)N2CCCC(C(=O)O)C2)cc(OC)c1OCc1ccccc1. The van der Waals surface area contributed by atoms with Gasteiger partial charge >= 0.3 is 5.97 Å². The smallest absolute Gasteiger partial charge is 0.307 e. The van der Waals surface area contributed by atoms with Crippen LogP contribution in [0.1, 0.15) is 35.6 Å². The number of benzene rings is 3. The number of aliphatic carboxylic acids is 1. The minimum Gasteiger partial charge on any atom is -0.493 e. The normalized spacial score (nSPS) is 16.6. The fourth-order valence-electron chi connectivity index (χ4n) is 5.22. The molecule has 1 N–H and O–H groups in total. The first-order chi connectivity index (χ1) is 18.6. The lowest BCUT2D eigenvalue weighted by Crippen LogP contribution is -2.41. The molecule has 0 amide bonds. The van der Waals surface area contributed by atoms with Crippen molar-refractivity contribution in [1.82, 2.24) is 9.88 Å². The Labute approximate surface area is 222 Å². The highest BCUT2D eigenvalue weighted by molar-refractivity contribution is 5.79. The topological polar surface area (TPSA) is 81.1 Å². The largest absolute Gasteiger partial charge is 0.493 e. The predicted molar refractivity (Wildman–Crippen MR) is 146 cm³/mol. The number of hydrogen-bond donors (Lipinski definition) is 1. The molecule has 1 aliphatic heterocycles. The van der Waals surface area contributed by atoms with E-state index in [2.05, 4.69) is 11.0 Å². The molecule has 7 heteroatoms. The number of carbonyl (C=O) groups is 1. The zero-order valence-corrected chi connectivity index (χ0v) is 21.7. The molecule has 3 aromatic carbocycles. The standard InChI is InChI=1S/C31H32N2O5/c1-36-27-16-24(17-28(37-2)30(27)38-20-21-9-4-3-5-10-21)29(33-14-8-12-23(19-33)31(34)35)25-15-22-11-6-7-13-26(22)32-18-25/h3-7,9-11,13,15-18,23,29H,8,12,14,19-20H2,1-2H3,(H,34,35). The van der Waals surface area contributed by atoms with Crippen molar-refractivity contribution in [2.45, 2.75) is 25.5 Å². The molecule has 196 valence electrons. The molecule has 1 aromatic heterocycles. The average Bonchev–Trinajstić information content (AvgIpc) is 2.96. The van der Waals surface area contributed by atoms with Gasteiger partial charge in [-0.15, -0.1) is 0 Å². The van der Waals surface area contributed by atoms with E-state index in [0.29, 0.717) is 36.8 Å². The van der Waals surface area contributed by atoms with Gasteiger partial charge in [-0.25, -0.2) is 0 Å². The third-order valence-electron chi connectivity index (χ3n) is 7.12. The number of nitrogens with zero attached hydrogens (tertiary/aromatic N) is 2. The van der Waals surface area contributed by atoms with Gasteiger partial charge in [0.1, 0.15) is 6.61 Å². The van der Waals surface area contributed by atoms with E-state index in [9.17, 15) is 9.90 Å². The van der Waals surface area contributed by atoms with Gasteiger partial charge < -0.3 is 19.3 Å². The van der Waals surface area contributed by atoms with Crippen molar-refractivity contribution in [2.75, 3.05) is 27.3 Å². The fraction of sp³-hybridized carbons (Fsp3) is 0.290. The molecule has 7 nitrogen and oxygen atoms in total. The highest BCUT2D eigenvalue weighted by Gasteiger charge is 2.33. The first-order valence-corrected chi connectivity index (χ1v) is 12.8. The Kier molecular flexibility index (Phi) is 7.75. The van der Waals surface area contributed by atoms with Gasteiger partial charge in [0.2, 0.25) is 5.75 Å². The van der Waals surface area contributed by atoms with Crippen molar-refractivity contribution in [3.05, 3.63) is 95.7 Å². The van der Waals surface area contributed by atoms with Crippen molar-refractivity contribution >= 4 is 16.9 Å². The van der Waals surface area contributed by atoms with Crippen LogP contribution in [0.3, 0.4) is 0 Å². The average molecular weight is 513 g/mol. The van der Waals surface area contributed by atoms with E-state index < -0.39 is 11.9 Å². The van der Waals surface area contributed by atoms with Crippen LogP contribution >= 0.6 is 0 Å². The maximum Gasteiger partial charge on any atom is 0.307 e. The second-order valence-corrected chi connectivity index (χ2v) is 9.57. The molecule has 4 aromatic rings. The fourth-order valence-corrected chi connectivity index (χ4v) is 5.22. The summed E-state index contributed by atoms with van der Waals surface area (Å²) in [6.07, 6.45) is 3.37. The molecular formula is C31H32N2O5. The van der Waals surface area contributed by atoms with Gasteiger partial charge in [-0.05, 0) is 60.3 Å². The lowest BCUT2D eigenvalue weighted by atomic mass is 9.91. The Morgan fingerprint density at radius 1 is 1.00 bits per heavy atom. The third-order valence-corrected chi connectivity index (χ3v) is 7.12. The van der Waals surface area contributed by atoms with E-state index >= 15 is 0 Å². The lowest BCUT2D eigenvalue weighted by molar-refractivity contribution is -0.143. The summed E-state index contributed by atoms with van der Waals surface area (Å²) in [5, 5.41) is 10.8. The number of rotatable bonds is 9. The molecule has 2 atom stereocenters. The molecule has 5 rings (SSSR count). The van der Waals surface area contributed by atoms with Crippen molar-refractivity contribution < 1.29 is 24.1 Å². The van der Waals surface area contributed by atoms with Crippen LogP contribution in [0, 0.1) is 5.92 Å². The molecular weight excluding hydrogens is 480 g/mol. The van der Waals surface area contributed by atoms with Gasteiger partial charge in [0.15, 0.2) is 11.5 Å². The van der Waals surface area contributed by atoms with Crippen LogP contribution in [0.25, 0.3) is 10.9 Å². The number of pyridine rings is 1. The Balaban J connectivity index is 1.57. The van der Waals surface area contributed by atoms with Crippen LogP contribution in [0.15, 0.2) is 79.0 Å². The monoisotopic (exact) mass is 512 g/mol. The van der Waals surface area contributed by atoms with Gasteiger partial charge in [-0.1, -0.05) is 48.5 Å². The summed E-state index contributed by atoms with van der Waals surface area (Å²) in [6.45, 7) is 1.60. The Morgan fingerprint density at radius 2 is 1.71 bits per heavy atom. The number of likely N-dealkylation sites (tertiary alicyclic amines) is 1. The second-order valence-electron chi connectivity index (χ2n) is 9.57. The highest BCUT2D eigenvalue weighted by atomic mass is 16.5. The van der Waals surface area contributed by atoms with Gasteiger partial charge in [0.05, 0.1) is 31.7 Å². The second kappa shape index (κ2) is 11.5. The van der Waals surface area contributed by atoms with E-state index in [-0.39, 0.29) is 6.04 Å². The van der Waals surface area contributed by atoms with Crippen LogP contribution < -0.4 is 14.2 Å². The van der Waals surface area contributed by atoms with Gasteiger partial charge in [-0.3, -0.25) is 14.7 Å². The van der Waals surface area contributed by atoms with E-state index in [1.807, 2.05) is 72.9 Å². The summed E-state index contributed by atoms with van der Waals surface area (Å²) < 4.78 is 17.7. The van der Waals surface area contributed by atoms with Crippen LogP contribution in [0.5, 0.6) is 17.2 Å². The van der Waals surface area contributed by atoms with Gasteiger partial charge in [-0.2, -0.15) is 0 Å². The molecule has 0 spiro atoms. The number of fused-ring (bicyclic) bond motifs is 1. The molecule has 0 radical (unpaired) electrons. The van der Waals surface area contributed by atoms with Crippen LogP contribution in [0.2, 0.25) is 0 Å². The van der Waals surface area contributed by atoms with E-state index in [1.165, 1.54) is 0 Å². The number of hydrogen-bond acceptors (Lipinski definition) is 6. The van der Waals surface area contributed by atoms with E-state index in [4.69, 9.17) is 19.2 Å². The van der Waals surface area contributed by atoms with Gasteiger partial charge in [0.25, 0.3) is 0 Å². The van der Waals surface area contributed by atoms with Crippen molar-refractivity contribution in [2.24, 2.45) is 5.92 Å². The molecule has 38 heavy (non-hydrogen) atoms. The number of carboxylic acids is 1. The minimum atomic E-state index is -0.759. The summed E-state index contributed by atoms with van der Waals surface area (Å²) in [4.78, 5) is 18.9. The molecule has 1 saturated heterocycles. The van der Waals surface area contributed by atoms with Crippen LogP contribution in [0.4, 0.5) is 0 Å². The Bertz CT molecular complexity index is 1380. The van der Waals surface area contributed by atoms with Crippen LogP contribution in [-0.2, 0) is 11.4 Å². The van der Waals surface area contributed by atoms with E-state index in [0.717, 1.165) is 40.6 Å². The van der Waals surface area contributed by atoms with E-state index in [1.54, 1.807) is 14.2 Å². The minimum absolute atomic E-state index is 0.236. The van der Waals surface area contributed by atoms with Crippen molar-refractivity contribution in [3.8, 4) is 17.2 Å².